The highest BCUT2D eigenvalue weighted by molar-refractivity contribution is 7.71. The maximum Gasteiger partial charge on any atom is 0.135 e. The van der Waals surface area contributed by atoms with Crippen LogP contribution in [0.2, 0.25) is 0 Å². The first-order valence-corrected chi connectivity index (χ1v) is 7.04. The van der Waals surface area contributed by atoms with Gasteiger partial charge in [-0.3, -0.25) is 0 Å². The van der Waals surface area contributed by atoms with Crippen LogP contribution in [0.4, 0.5) is 5.82 Å². The van der Waals surface area contributed by atoms with E-state index in [0.717, 1.165) is 11.6 Å². The van der Waals surface area contributed by atoms with Gasteiger partial charge in [0.2, 0.25) is 0 Å². The molecule has 0 radical (unpaired) electrons. The van der Waals surface area contributed by atoms with Gasteiger partial charge in [0, 0.05) is 19.2 Å². The van der Waals surface area contributed by atoms with Gasteiger partial charge in [0.05, 0.1) is 0 Å². The van der Waals surface area contributed by atoms with Crippen LogP contribution in [0.1, 0.15) is 44.3 Å². The summed E-state index contributed by atoms with van der Waals surface area (Å²) in [5.41, 5.74) is 0. The maximum absolute atomic E-state index is 5.17. The molecule has 5 heteroatoms. The zero-order valence-corrected chi connectivity index (χ0v) is 11.7. The van der Waals surface area contributed by atoms with Crippen LogP contribution >= 0.6 is 12.2 Å². The zero-order chi connectivity index (χ0) is 12.8. The van der Waals surface area contributed by atoms with Crippen molar-refractivity contribution in [1.29, 1.82) is 0 Å². The minimum atomic E-state index is 0.462. The molecule has 0 aliphatic heterocycles. The number of nitrogens with one attached hydrogen (secondary N) is 2. The van der Waals surface area contributed by atoms with E-state index in [4.69, 9.17) is 17.0 Å². The predicted octanol–water partition coefficient (Wildman–Crippen LogP) is 3.42. The van der Waals surface area contributed by atoms with Gasteiger partial charge in [-0.1, -0.05) is 37.9 Å². The van der Waals surface area contributed by atoms with Crippen LogP contribution in [-0.2, 0) is 11.3 Å². The van der Waals surface area contributed by atoms with Gasteiger partial charge in [0.25, 0.3) is 0 Å². The number of aromatic amines is 1. The Hall–Kier alpha value is -0.940. The SMILES string of the molecule is COCc1nc(=S)cc(NC2CCCCCC2)[nH]1. The number of anilines is 1. The van der Waals surface area contributed by atoms with Gasteiger partial charge in [0.15, 0.2) is 0 Å². The Kier molecular flexibility index (Phi) is 5.13. The Bertz CT molecular complexity index is 424. The first-order chi connectivity index (χ1) is 8.78. The average Bonchev–Trinajstić information content (AvgIpc) is 2.57. The minimum absolute atomic E-state index is 0.462. The molecule has 2 rings (SSSR count). The number of methoxy groups -OCH3 is 1. The van der Waals surface area contributed by atoms with E-state index in [1.165, 1.54) is 38.5 Å². The lowest BCUT2D eigenvalue weighted by molar-refractivity contribution is 0.177. The summed E-state index contributed by atoms with van der Waals surface area (Å²) in [4.78, 5) is 7.47. The van der Waals surface area contributed by atoms with E-state index in [1.54, 1.807) is 7.11 Å². The molecule has 0 spiro atoms. The fraction of sp³-hybridized carbons (Fsp3) is 0.692. The highest BCUT2D eigenvalue weighted by Crippen LogP contribution is 2.20. The molecular formula is C13H21N3OS. The fourth-order valence-corrected chi connectivity index (χ4v) is 2.66. The number of ether oxygens (including phenoxy) is 1. The summed E-state index contributed by atoms with van der Waals surface area (Å²) in [6.45, 7) is 0.462. The lowest BCUT2D eigenvalue weighted by Crippen LogP contribution is -2.19. The molecule has 1 aliphatic carbocycles. The van der Waals surface area contributed by atoms with Gasteiger partial charge in [-0.05, 0) is 12.8 Å². The summed E-state index contributed by atoms with van der Waals surface area (Å²) in [6.07, 6.45) is 7.83. The summed E-state index contributed by atoms with van der Waals surface area (Å²) in [7, 11) is 1.66. The molecular weight excluding hydrogens is 246 g/mol. The van der Waals surface area contributed by atoms with Crippen LogP contribution in [0.25, 0.3) is 0 Å². The second-order valence-electron chi connectivity index (χ2n) is 4.85. The van der Waals surface area contributed by atoms with Crippen molar-refractivity contribution in [2.45, 2.75) is 51.2 Å². The summed E-state index contributed by atoms with van der Waals surface area (Å²) in [5.74, 6) is 1.75. The number of rotatable bonds is 4. The van der Waals surface area contributed by atoms with Gasteiger partial charge in [-0.25, -0.2) is 4.98 Å². The van der Waals surface area contributed by atoms with Gasteiger partial charge in [0.1, 0.15) is 22.9 Å². The van der Waals surface area contributed by atoms with Crippen molar-refractivity contribution in [2.24, 2.45) is 0 Å². The third kappa shape index (κ3) is 4.07. The topological polar surface area (TPSA) is 49.9 Å². The first-order valence-electron chi connectivity index (χ1n) is 6.63. The Morgan fingerprint density at radius 1 is 1.39 bits per heavy atom. The van der Waals surface area contributed by atoms with Crippen molar-refractivity contribution in [3.05, 3.63) is 16.5 Å². The maximum atomic E-state index is 5.17. The lowest BCUT2D eigenvalue weighted by atomic mass is 10.1. The molecule has 0 bridgehead atoms. The molecule has 4 nitrogen and oxygen atoms in total. The summed E-state index contributed by atoms with van der Waals surface area (Å²) in [5, 5.41) is 3.54. The quantitative estimate of drug-likeness (QED) is 0.648. The highest BCUT2D eigenvalue weighted by Gasteiger charge is 2.12. The number of hydrogen-bond acceptors (Lipinski definition) is 4. The highest BCUT2D eigenvalue weighted by atomic mass is 32.1. The molecule has 0 aromatic carbocycles. The van der Waals surface area contributed by atoms with Crippen LogP contribution in [-0.4, -0.2) is 23.1 Å². The molecule has 1 fully saturated rings. The Morgan fingerprint density at radius 2 is 2.11 bits per heavy atom. The van der Waals surface area contributed by atoms with Crippen molar-refractivity contribution < 1.29 is 4.74 Å². The Labute approximate surface area is 113 Å². The number of hydrogen-bond donors (Lipinski definition) is 2. The van der Waals surface area contributed by atoms with Crippen molar-refractivity contribution in [3.63, 3.8) is 0 Å². The van der Waals surface area contributed by atoms with E-state index >= 15 is 0 Å². The molecule has 1 heterocycles. The van der Waals surface area contributed by atoms with Gasteiger partial charge in [-0.2, -0.15) is 0 Å². The van der Waals surface area contributed by atoms with Crippen LogP contribution < -0.4 is 5.32 Å². The standard InChI is InChI=1S/C13H21N3OS/c1-17-9-12-15-11(8-13(18)16-12)14-10-6-4-2-3-5-7-10/h8,10H,2-7,9H2,1H3,(H2,14,15,16,18). The summed E-state index contributed by atoms with van der Waals surface area (Å²) in [6, 6.07) is 2.44. The lowest BCUT2D eigenvalue weighted by Gasteiger charge is -2.17. The molecule has 1 aromatic heterocycles. The molecule has 1 aromatic rings. The third-order valence-electron chi connectivity index (χ3n) is 3.29. The van der Waals surface area contributed by atoms with Crippen LogP contribution in [0.3, 0.4) is 0 Å². The predicted molar refractivity (Wildman–Crippen MR) is 75.2 cm³/mol. The van der Waals surface area contributed by atoms with Crippen molar-refractivity contribution in [2.75, 3.05) is 12.4 Å². The van der Waals surface area contributed by atoms with Crippen LogP contribution in [0.15, 0.2) is 6.07 Å². The Morgan fingerprint density at radius 3 is 2.78 bits per heavy atom. The molecule has 2 N–H and O–H groups in total. The fourth-order valence-electron chi connectivity index (χ4n) is 2.43. The number of H-pyrrole nitrogens is 1. The van der Waals surface area contributed by atoms with Crippen molar-refractivity contribution in [1.82, 2.24) is 9.97 Å². The number of aromatic nitrogens is 2. The van der Waals surface area contributed by atoms with Gasteiger partial charge >= 0.3 is 0 Å². The Balaban J connectivity index is 2.05. The molecule has 0 amide bonds. The second-order valence-corrected chi connectivity index (χ2v) is 5.26. The molecule has 0 unspecified atom stereocenters. The molecule has 18 heavy (non-hydrogen) atoms. The van der Waals surface area contributed by atoms with E-state index in [0.29, 0.717) is 17.3 Å². The van der Waals surface area contributed by atoms with Gasteiger partial charge < -0.3 is 15.0 Å². The van der Waals surface area contributed by atoms with Crippen LogP contribution in [0, 0.1) is 4.64 Å². The molecule has 0 saturated heterocycles. The van der Waals surface area contributed by atoms with Gasteiger partial charge in [-0.15, -0.1) is 0 Å². The van der Waals surface area contributed by atoms with Crippen molar-refractivity contribution >= 4 is 18.0 Å². The molecule has 1 saturated carbocycles. The molecule has 1 aliphatic rings. The largest absolute Gasteiger partial charge is 0.377 e. The molecule has 100 valence electrons. The monoisotopic (exact) mass is 267 g/mol. The normalized spacial score (nSPS) is 17.4. The van der Waals surface area contributed by atoms with E-state index in [1.807, 2.05) is 6.07 Å². The van der Waals surface area contributed by atoms with E-state index < -0.39 is 0 Å². The van der Waals surface area contributed by atoms with Crippen molar-refractivity contribution in [3.8, 4) is 0 Å². The summed E-state index contributed by atoms with van der Waals surface area (Å²) < 4.78 is 5.69. The number of nitrogens with zero attached hydrogens (tertiary/aromatic N) is 1. The molecule has 0 atom stereocenters. The third-order valence-corrected chi connectivity index (χ3v) is 3.50. The minimum Gasteiger partial charge on any atom is -0.377 e. The first kappa shape index (κ1) is 13.5. The van der Waals surface area contributed by atoms with Crippen LogP contribution in [0.5, 0.6) is 0 Å². The summed E-state index contributed by atoms with van der Waals surface area (Å²) >= 11 is 5.17. The van der Waals surface area contributed by atoms with E-state index in [-0.39, 0.29) is 0 Å². The van der Waals surface area contributed by atoms with E-state index in [2.05, 4.69) is 15.3 Å². The van der Waals surface area contributed by atoms with E-state index in [9.17, 15) is 0 Å². The smallest absolute Gasteiger partial charge is 0.135 e. The zero-order valence-electron chi connectivity index (χ0n) is 10.9. The second kappa shape index (κ2) is 6.85. The average molecular weight is 267 g/mol.